The first-order valence-corrected chi connectivity index (χ1v) is 7.13. The van der Waals surface area contributed by atoms with Crippen LogP contribution in [0.3, 0.4) is 0 Å². The Bertz CT molecular complexity index is 577. The Morgan fingerprint density at radius 1 is 1.35 bits per heavy atom. The Morgan fingerprint density at radius 2 is 2.20 bits per heavy atom. The van der Waals surface area contributed by atoms with Gasteiger partial charge in [-0.25, -0.2) is 0 Å². The van der Waals surface area contributed by atoms with Gasteiger partial charge in [-0.3, -0.25) is 5.10 Å². The molecular weight excluding hydrogens is 256 g/mol. The maximum Gasteiger partial charge on any atom is 0.226 e. The van der Waals surface area contributed by atoms with E-state index in [-0.39, 0.29) is 0 Å². The third-order valence-corrected chi connectivity index (χ3v) is 3.48. The van der Waals surface area contributed by atoms with E-state index in [2.05, 4.69) is 30.8 Å². The highest BCUT2D eigenvalue weighted by Crippen LogP contribution is 2.29. The van der Waals surface area contributed by atoms with E-state index in [4.69, 9.17) is 4.74 Å². The number of rotatable bonds is 6. The highest BCUT2D eigenvalue weighted by molar-refractivity contribution is 5.87. The monoisotopic (exact) mass is 276 g/mol. The molecule has 108 valence electrons. The predicted octanol–water partition coefficient (Wildman–Crippen LogP) is 1.76. The van der Waals surface area contributed by atoms with Gasteiger partial charge in [0.2, 0.25) is 5.95 Å². The summed E-state index contributed by atoms with van der Waals surface area (Å²) in [5.74, 6) is 1.45. The van der Waals surface area contributed by atoms with Crippen molar-refractivity contribution in [3.05, 3.63) is 6.20 Å². The molecule has 2 aromatic rings. The van der Waals surface area contributed by atoms with Gasteiger partial charge in [-0.05, 0) is 26.7 Å². The lowest BCUT2D eigenvalue weighted by atomic mass is 9.89. The third kappa shape index (κ3) is 2.53. The first-order valence-electron chi connectivity index (χ1n) is 7.13. The van der Waals surface area contributed by atoms with Crippen LogP contribution >= 0.6 is 0 Å². The molecule has 0 unspecified atom stereocenters. The van der Waals surface area contributed by atoms with E-state index in [1.54, 1.807) is 6.20 Å². The Kier molecular flexibility index (Phi) is 3.68. The molecule has 1 fully saturated rings. The van der Waals surface area contributed by atoms with Crippen molar-refractivity contribution in [1.82, 2.24) is 20.2 Å². The van der Waals surface area contributed by atoms with Crippen molar-refractivity contribution in [2.24, 2.45) is 0 Å². The summed E-state index contributed by atoms with van der Waals surface area (Å²) in [7, 11) is 0. The first-order chi connectivity index (χ1) is 9.80. The molecule has 1 aliphatic carbocycles. The fourth-order valence-corrected chi connectivity index (χ4v) is 2.43. The number of aromatic amines is 1. The van der Waals surface area contributed by atoms with Crippen LogP contribution in [0.25, 0.3) is 11.0 Å². The summed E-state index contributed by atoms with van der Waals surface area (Å²) in [5.41, 5.74) is 0.749. The van der Waals surface area contributed by atoms with E-state index in [1.165, 1.54) is 0 Å². The summed E-state index contributed by atoms with van der Waals surface area (Å²) in [4.78, 5) is 8.90. The topological polar surface area (TPSA) is 87.8 Å². The zero-order valence-electron chi connectivity index (χ0n) is 11.8. The summed E-state index contributed by atoms with van der Waals surface area (Å²) in [6.07, 6.45) is 4.18. The van der Waals surface area contributed by atoms with Crippen LogP contribution in [0.2, 0.25) is 0 Å². The average Bonchev–Trinajstić information content (AvgIpc) is 2.85. The fourth-order valence-electron chi connectivity index (χ4n) is 2.43. The molecule has 0 aromatic carbocycles. The summed E-state index contributed by atoms with van der Waals surface area (Å²) < 4.78 is 5.58. The summed E-state index contributed by atoms with van der Waals surface area (Å²) in [6, 6.07) is 0.411. The summed E-state index contributed by atoms with van der Waals surface area (Å²) in [6.45, 7) is 5.62. The minimum Gasteiger partial charge on any atom is -0.378 e. The zero-order valence-corrected chi connectivity index (χ0v) is 11.8. The molecule has 0 spiro atoms. The number of aromatic nitrogens is 4. The molecular formula is C13H20N6O. The number of fused-ring (bicyclic) bond motifs is 1. The molecule has 3 rings (SSSR count). The lowest BCUT2D eigenvalue weighted by Crippen LogP contribution is -2.41. The number of anilines is 2. The molecule has 0 radical (unpaired) electrons. The second-order valence-corrected chi connectivity index (χ2v) is 4.95. The molecule has 0 bridgehead atoms. The van der Waals surface area contributed by atoms with Crippen LogP contribution in [-0.4, -0.2) is 45.5 Å². The number of hydrogen-bond donors (Lipinski definition) is 3. The lowest BCUT2D eigenvalue weighted by molar-refractivity contribution is 0.00295. The molecule has 3 N–H and O–H groups in total. The maximum absolute atomic E-state index is 5.58. The molecule has 7 heteroatoms. The molecule has 1 saturated carbocycles. The van der Waals surface area contributed by atoms with E-state index in [0.717, 1.165) is 42.8 Å². The highest BCUT2D eigenvalue weighted by atomic mass is 16.5. The van der Waals surface area contributed by atoms with Gasteiger partial charge in [0, 0.05) is 19.2 Å². The SMILES string of the molecule is CCNc1nc(NC2CC(OCC)C2)c2cn[nH]c2n1. The molecule has 0 atom stereocenters. The van der Waals surface area contributed by atoms with Gasteiger partial charge >= 0.3 is 0 Å². The Balaban J connectivity index is 1.75. The van der Waals surface area contributed by atoms with Crippen molar-refractivity contribution in [3.8, 4) is 0 Å². The summed E-state index contributed by atoms with van der Waals surface area (Å²) in [5, 5.41) is 14.4. The van der Waals surface area contributed by atoms with Crippen LogP contribution in [0.1, 0.15) is 26.7 Å². The second-order valence-electron chi connectivity index (χ2n) is 4.95. The van der Waals surface area contributed by atoms with E-state index in [9.17, 15) is 0 Å². The second kappa shape index (κ2) is 5.62. The largest absolute Gasteiger partial charge is 0.378 e. The van der Waals surface area contributed by atoms with Gasteiger partial charge in [-0.1, -0.05) is 0 Å². The number of nitrogens with zero attached hydrogens (tertiary/aromatic N) is 3. The number of nitrogens with one attached hydrogen (secondary N) is 3. The van der Waals surface area contributed by atoms with Crippen LogP contribution in [0, 0.1) is 0 Å². The van der Waals surface area contributed by atoms with Gasteiger partial charge in [0.15, 0.2) is 5.65 Å². The zero-order chi connectivity index (χ0) is 13.9. The highest BCUT2D eigenvalue weighted by Gasteiger charge is 2.30. The third-order valence-electron chi connectivity index (χ3n) is 3.48. The molecule has 2 heterocycles. The smallest absolute Gasteiger partial charge is 0.226 e. The van der Waals surface area contributed by atoms with Gasteiger partial charge in [-0.2, -0.15) is 15.1 Å². The van der Waals surface area contributed by atoms with E-state index >= 15 is 0 Å². The lowest BCUT2D eigenvalue weighted by Gasteiger charge is -2.35. The minimum absolute atomic E-state index is 0.382. The van der Waals surface area contributed by atoms with Gasteiger partial charge in [-0.15, -0.1) is 0 Å². The fraction of sp³-hybridized carbons (Fsp3) is 0.615. The van der Waals surface area contributed by atoms with Crippen LogP contribution in [0.15, 0.2) is 6.20 Å². The minimum atomic E-state index is 0.382. The van der Waals surface area contributed by atoms with E-state index in [1.807, 2.05) is 13.8 Å². The van der Waals surface area contributed by atoms with Crippen molar-refractivity contribution in [1.29, 1.82) is 0 Å². The molecule has 0 aliphatic heterocycles. The molecule has 7 nitrogen and oxygen atoms in total. The molecule has 1 aliphatic rings. The van der Waals surface area contributed by atoms with Crippen molar-refractivity contribution in [3.63, 3.8) is 0 Å². The quantitative estimate of drug-likeness (QED) is 0.745. The Hall–Kier alpha value is -1.89. The van der Waals surface area contributed by atoms with Crippen LogP contribution in [-0.2, 0) is 4.74 Å². The van der Waals surface area contributed by atoms with Crippen molar-refractivity contribution < 1.29 is 4.74 Å². The van der Waals surface area contributed by atoms with Crippen molar-refractivity contribution in [2.75, 3.05) is 23.8 Å². The Labute approximate surface area is 117 Å². The van der Waals surface area contributed by atoms with Gasteiger partial charge in [0.05, 0.1) is 17.7 Å². The van der Waals surface area contributed by atoms with Crippen LogP contribution < -0.4 is 10.6 Å². The molecule has 2 aromatic heterocycles. The van der Waals surface area contributed by atoms with Gasteiger partial charge < -0.3 is 15.4 Å². The average molecular weight is 276 g/mol. The Morgan fingerprint density at radius 3 is 2.95 bits per heavy atom. The summed E-state index contributed by atoms with van der Waals surface area (Å²) >= 11 is 0. The van der Waals surface area contributed by atoms with Gasteiger partial charge in [0.1, 0.15) is 5.82 Å². The normalized spacial score (nSPS) is 21.7. The van der Waals surface area contributed by atoms with Crippen molar-refractivity contribution in [2.45, 2.75) is 38.8 Å². The molecule has 0 amide bonds. The molecule has 20 heavy (non-hydrogen) atoms. The standard InChI is InChI=1S/C13H20N6O/c1-3-14-13-17-11(10-7-15-19-12(10)18-13)16-8-5-9(6-8)20-4-2/h7-9H,3-6H2,1-2H3,(H3,14,15,16,17,18,19). The first kappa shape index (κ1) is 13.1. The molecule has 0 saturated heterocycles. The van der Waals surface area contributed by atoms with Crippen LogP contribution in [0.4, 0.5) is 11.8 Å². The van der Waals surface area contributed by atoms with Crippen LogP contribution in [0.5, 0.6) is 0 Å². The van der Waals surface area contributed by atoms with Gasteiger partial charge in [0.25, 0.3) is 0 Å². The maximum atomic E-state index is 5.58. The van der Waals surface area contributed by atoms with E-state index < -0.39 is 0 Å². The predicted molar refractivity (Wildman–Crippen MR) is 77.9 cm³/mol. The van der Waals surface area contributed by atoms with E-state index in [0.29, 0.717) is 18.1 Å². The van der Waals surface area contributed by atoms with Crippen molar-refractivity contribution >= 4 is 22.8 Å². The number of hydrogen-bond acceptors (Lipinski definition) is 6. The number of H-pyrrole nitrogens is 1. The number of ether oxygens (including phenoxy) is 1.